The Labute approximate surface area is 458 Å². The van der Waals surface area contributed by atoms with Crippen LogP contribution in [0.5, 0.6) is 0 Å². The van der Waals surface area contributed by atoms with Gasteiger partial charge in [0.05, 0.1) is 16.8 Å². The van der Waals surface area contributed by atoms with Crippen LogP contribution in [0, 0.1) is 58.7 Å². The van der Waals surface area contributed by atoms with E-state index in [1.54, 1.807) is 21.6 Å². The van der Waals surface area contributed by atoms with E-state index in [-0.39, 0.29) is 41.6 Å². The summed E-state index contributed by atoms with van der Waals surface area (Å²) in [5.41, 5.74) is 0.439. The molecule has 0 aromatic carbocycles. The molecule has 69 heavy (non-hydrogen) atoms. The summed E-state index contributed by atoms with van der Waals surface area (Å²) >= 11 is 17.8. The molecule has 4 unspecified atom stereocenters. The van der Waals surface area contributed by atoms with E-state index >= 15 is 0 Å². The van der Waals surface area contributed by atoms with E-state index < -0.39 is 11.2 Å². The number of hydrogen-bond acceptors (Lipinski definition) is 12. The third-order valence-corrected chi connectivity index (χ3v) is 18.6. The fourth-order valence-corrected chi connectivity index (χ4v) is 16.0. The van der Waals surface area contributed by atoms with Crippen LogP contribution >= 0.6 is 84.4 Å². The topological polar surface area (TPSA) is 169 Å². The number of nitrogens with zero attached hydrogens (tertiary/aromatic N) is 9. The monoisotopic (exact) mass is 1320 g/mol. The second-order valence-electron chi connectivity index (χ2n) is 22.1. The Balaban J connectivity index is 0.000000182. The van der Waals surface area contributed by atoms with Gasteiger partial charge in [0.1, 0.15) is 45.0 Å². The highest BCUT2D eigenvalue weighted by molar-refractivity contribution is 15.0. The minimum Gasteiger partial charge on any atom is -0.390 e. The zero-order valence-electron chi connectivity index (χ0n) is 40.3. The van der Waals surface area contributed by atoms with Gasteiger partial charge < -0.3 is 30.2 Å². The summed E-state index contributed by atoms with van der Waals surface area (Å²) in [5.74, 6) is 6.49. The highest BCUT2D eigenvalue weighted by Crippen LogP contribution is 2.60. The summed E-state index contributed by atoms with van der Waals surface area (Å²) in [4.78, 5) is 37.8. The van der Waals surface area contributed by atoms with Crippen molar-refractivity contribution in [1.82, 2.24) is 29.9 Å². The molecule has 0 spiro atoms. The normalized spacial score (nSPS) is 32.0. The number of carbonyl (C=O) groups excluding carboxylic acids is 2. The minimum atomic E-state index is -0.486. The lowest BCUT2D eigenvalue weighted by atomic mass is 9.49. The highest BCUT2D eigenvalue weighted by Gasteiger charge is 2.56. The van der Waals surface area contributed by atoms with Gasteiger partial charge in [-0.3, -0.25) is 19.0 Å². The number of halogens is 5. The van der Waals surface area contributed by atoms with Crippen LogP contribution in [0.25, 0.3) is 0 Å². The van der Waals surface area contributed by atoms with Crippen LogP contribution in [0.1, 0.15) is 129 Å². The molecule has 19 heteroatoms. The second-order valence-corrected chi connectivity index (χ2v) is 22.9. The summed E-state index contributed by atoms with van der Waals surface area (Å²) in [6, 6.07) is 6.51. The van der Waals surface area contributed by atoms with Crippen LogP contribution in [-0.2, 0) is 14.1 Å². The average molecular weight is 1330 g/mol. The van der Waals surface area contributed by atoms with E-state index in [2.05, 4.69) is 85.5 Å². The molecule has 0 radical (unpaired) electrons. The predicted molar refractivity (Wildman–Crippen MR) is 299 cm³/mol. The number of aliphatic hydroxyl groups is 2. The lowest BCUT2D eigenvalue weighted by Gasteiger charge is -2.58. The van der Waals surface area contributed by atoms with Gasteiger partial charge >= 0.3 is 0 Å². The van der Waals surface area contributed by atoms with E-state index in [1.165, 1.54) is 12.8 Å². The first-order valence-electron chi connectivity index (χ1n) is 25.0. The lowest BCUT2D eigenvalue weighted by molar-refractivity contribution is -0.151. The average Bonchev–Trinajstić information content (AvgIpc) is 3.80. The van der Waals surface area contributed by atoms with Gasteiger partial charge in [-0.1, -0.05) is 23.2 Å². The van der Waals surface area contributed by atoms with Crippen LogP contribution < -0.4 is 20.0 Å². The summed E-state index contributed by atoms with van der Waals surface area (Å²) < 4.78 is 3.53. The number of hydrogen-bond donors (Lipinski definition) is 3. The number of pyridine rings is 1. The maximum Gasteiger partial charge on any atom is 0.184 e. The van der Waals surface area contributed by atoms with E-state index in [0.717, 1.165) is 121 Å². The molecule has 5 heterocycles. The molecule has 13 rings (SSSR count). The first-order chi connectivity index (χ1) is 32.6. The van der Waals surface area contributed by atoms with E-state index in [4.69, 9.17) is 28.5 Å². The molecule has 4 atom stereocenters. The third kappa shape index (κ3) is 11.0. The highest BCUT2D eigenvalue weighted by atomic mass is 128. The quantitative estimate of drug-likeness (QED) is 0.123. The molecule has 378 valence electrons. The van der Waals surface area contributed by atoms with Crippen LogP contribution in [0.3, 0.4) is 0 Å². The van der Waals surface area contributed by atoms with Crippen LogP contribution in [-0.4, -0.2) is 110 Å². The van der Waals surface area contributed by atoms with E-state index in [1.807, 2.05) is 27.2 Å². The van der Waals surface area contributed by atoms with Crippen molar-refractivity contribution in [1.29, 1.82) is 5.26 Å². The number of rotatable bonds is 11. The van der Waals surface area contributed by atoms with Gasteiger partial charge in [-0.25, -0.2) is 4.98 Å². The summed E-state index contributed by atoms with van der Waals surface area (Å²) in [5, 5.41) is 44.2. The zero-order valence-corrected chi connectivity index (χ0v) is 48.5. The zero-order chi connectivity index (χ0) is 48.2. The van der Waals surface area contributed by atoms with Crippen molar-refractivity contribution in [2.45, 2.75) is 126 Å². The molecule has 0 amide bonds. The first kappa shape index (κ1) is 53.7. The Morgan fingerprint density at radius 3 is 1.55 bits per heavy atom. The van der Waals surface area contributed by atoms with Crippen molar-refractivity contribution in [3.63, 3.8) is 0 Å². The fourth-order valence-electron chi connectivity index (χ4n) is 15.2. The van der Waals surface area contributed by atoms with E-state index in [9.17, 15) is 19.8 Å². The van der Waals surface area contributed by atoms with Gasteiger partial charge in [-0.05, 0) is 162 Å². The molecular formula is C50H69Cl2I3N10O4. The summed E-state index contributed by atoms with van der Waals surface area (Å²) in [6.07, 6.45) is 16.6. The molecule has 3 aromatic heterocycles. The van der Waals surface area contributed by atoms with Crippen LogP contribution in [0.2, 0.25) is 10.0 Å². The van der Waals surface area contributed by atoms with Crippen molar-refractivity contribution >= 4 is 113 Å². The molecule has 2 aliphatic heterocycles. The van der Waals surface area contributed by atoms with Crippen LogP contribution in [0.15, 0.2) is 18.3 Å². The maximum atomic E-state index is 13.5. The number of aryl methyl sites for hydroxylation is 2. The number of Topliss-reactive ketones (excluding diaryl/α,β-unsaturated/α-hetero) is 2. The molecule has 14 nitrogen and oxygen atoms in total. The number of anilines is 3. The van der Waals surface area contributed by atoms with Crippen molar-refractivity contribution in [2.24, 2.45) is 61.4 Å². The van der Waals surface area contributed by atoms with Crippen molar-refractivity contribution in [3.8, 4) is 6.07 Å². The number of ketones is 2. The Morgan fingerprint density at radius 2 is 1.17 bits per heavy atom. The van der Waals surface area contributed by atoms with Crippen molar-refractivity contribution < 1.29 is 19.8 Å². The molecule has 2 saturated heterocycles. The number of nitriles is 1. The van der Waals surface area contributed by atoms with Crippen molar-refractivity contribution in [2.75, 3.05) is 55.0 Å². The molecule has 8 bridgehead atoms. The molecule has 8 aliphatic carbocycles. The first-order valence-corrected chi connectivity index (χ1v) is 32.0. The van der Waals surface area contributed by atoms with Gasteiger partial charge in [0.15, 0.2) is 11.6 Å². The fraction of sp³-hybridized carbons (Fsp3) is 0.720. The van der Waals surface area contributed by atoms with Gasteiger partial charge in [0.2, 0.25) is 0 Å². The number of aromatic nitrogens is 5. The summed E-state index contributed by atoms with van der Waals surface area (Å²) in [6.45, 7) is 3.72. The molecule has 3 N–H and O–H groups in total. The maximum absolute atomic E-state index is 13.5. The Bertz CT molecular complexity index is 2330. The Morgan fingerprint density at radius 1 is 0.754 bits per heavy atom. The molecule has 8 saturated carbocycles. The number of carbonyl (C=O) groups is 2. The molecular weight excluding hydrogens is 1260 g/mol. The minimum absolute atomic E-state index is 0. The third-order valence-electron chi connectivity index (χ3n) is 17.9. The van der Waals surface area contributed by atoms with Crippen molar-refractivity contribution in [3.05, 3.63) is 45.3 Å². The lowest BCUT2D eigenvalue weighted by Crippen LogP contribution is -2.54. The SMILES string of the molecule is CN(c1c(Cl)c(C(=O)CC2C3CC4CC2CC(O)(C4)C3)nn1C)C1CCN(c2ccc(C#N)cn2)CC1.CN(c1c(Cl)c(C(=O)CC2C3CC4CC2CC(O)(C4)C3)nn1C)C1CCNCC1.I.II. The summed E-state index contributed by atoms with van der Waals surface area (Å²) in [7, 11) is 7.85. The Hall–Kier alpha value is -1.55. The van der Waals surface area contributed by atoms with Gasteiger partial charge in [-0.15, -0.1) is 24.0 Å². The predicted octanol–water partition coefficient (Wildman–Crippen LogP) is 9.62. The standard InChI is InChI=1S/C28H35ClN6O2.C22H33ClN4O2.I2.HI/c1-33(21-5-7-35(8-6-21)24-4-3-17(15-30)16-31-24)27-25(29)26(32-34(27)2)23(36)11-22-19-9-18-10-20(22)14-28(37,12-18)13-19;1-26(16-3-5-24-6-4-16)21-19(23)20(25-27(21)2)18(28)9-17-14-7-13-8-15(17)12-22(29,10-13)11-14;1-2;/h3-4,16,18-22,37H,5-14H2,1-2H3;13-17,24,29H,3-12H2,1-2H3;;1H. The molecule has 10 aliphatic rings. The second kappa shape index (κ2) is 22.1. The van der Waals surface area contributed by atoms with Gasteiger partial charge in [0.25, 0.3) is 0 Å². The van der Waals surface area contributed by atoms with E-state index in [0.29, 0.717) is 93.2 Å². The molecule has 10 fully saturated rings. The largest absolute Gasteiger partial charge is 0.390 e. The molecule has 3 aromatic rings. The number of piperidine rings is 2. The van der Waals surface area contributed by atoms with Crippen LogP contribution in [0.4, 0.5) is 17.5 Å². The number of nitrogens with one attached hydrogen (secondary N) is 1. The smallest absolute Gasteiger partial charge is 0.184 e. The Kier molecular flexibility index (Phi) is 17.2. The van der Waals surface area contributed by atoms with Gasteiger partial charge in [-0.2, -0.15) is 15.5 Å². The van der Waals surface area contributed by atoms with Gasteiger partial charge in [0, 0.05) is 110 Å².